The molecular weight excluding hydrogens is 302 g/mol. The molecule has 0 radical (unpaired) electrons. The zero-order valence-corrected chi connectivity index (χ0v) is 11.8. The summed E-state index contributed by atoms with van der Waals surface area (Å²) in [5.41, 5.74) is 0. The van der Waals surface area contributed by atoms with E-state index in [0.29, 0.717) is 6.26 Å². The van der Waals surface area contributed by atoms with E-state index in [2.05, 4.69) is 13.7 Å². The molecule has 0 heterocycles. The zero-order valence-electron chi connectivity index (χ0n) is 11.0. The second-order valence-electron chi connectivity index (χ2n) is 3.61. The van der Waals surface area contributed by atoms with Gasteiger partial charge in [-0.15, -0.1) is 0 Å². The quantitative estimate of drug-likeness (QED) is 0.297. The van der Waals surface area contributed by atoms with Crippen LogP contribution in [0.5, 0.6) is 0 Å². The number of allylic oxidation sites excluding steroid dienone is 1. The van der Waals surface area contributed by atoms with Crippen LogP contribution in [0.2, 0.25) is 0 Å². The van der Waals surface area contributed by atoms with Crippen LogP contribution in [0.15, 0.2) is 11.8 Å². The first-order valence-electron chi connectivity index (χ1n) is 5.21. The van der Waals surface area contributed by atoms with Gasteiger partial charge in [0.15, 0.2) is 11.7 Å². The van der Waals surface area contributed by atoms with Crippen LogP contribution in [-0.4, -0.2) is 40.8 Å². The summed E-state index contributed by atoms with van der Waals surface area (Å²) in [7, 11) is -2.11. The van der Waals surface area contributed by atoms with Crippen LogP contribution in [-0.2, 0) is 33.4 Å². The van der Waals surface area contributed by atoms with Crippen LogP contribution in [0.3, 0.4) is 0 Å². The molecule has 0 saturated carbocycles. The van der Waals surface area contributed by atoms with Gasteiger partial charge < -0.3 is 13.7 Å². The molecule has 10 heteroatoms. The van der Waals surface area contributed by atoms with Crippen molar-refractivity contribution in [1.29, 1.82) is 0 Å². The van der Waals surface area contributed by atoms with Crippen LogP contribution in [0.4, 0.5) is 8.78 Å². The molecule has 0 atom stereocenters. The minimum absolute atomic E-state index is 0.443. The normalized spacial score (nSPS) is 10.9. The Hall–Kier alpha value is -1.71. The topological polar surface area (TPSA) is 96.0 Å². The summed E-state index contributed by atoms with van der Waals surface area (Å²) in [5.74, 6) is -4.53. The fraction of sp³-hybridized carbons (Fsp3) is 0.600. The van der Waals surface area contributed by atoms with E-state index in [0.717, 1.165) is 14.2 Å². The molecule has 0 amide bonds. The molecule has 0 aromatic rings. The van der Waals surface area contributed by atoms with E-state index in [1.54, 1.807) is 0 Å². The minimum atomic E-state index is -4.14. The number of carbonyl (C=O) groups is 2. The molecule has 0 bridgehead atoms. The van der Waals surface area contributed by atoms with Gasteiger partial charge >= 0.3 is 28.1 Å². The molecule has 0 aromatic carbocycles. The van der Waals surface area contributed by atoms with Crippen LogP contribution in [0.1, 0.15) is 12.8 Å². The number of halogens is 2. The van der Waals surface area contributed by atoms with Crippen LogP contribution in [0, 0.1) is 5.92 Å². The molecule has 0 unspecified atom stereocenters. The first-order valence-corrected chi connectivity index (χ1v) is 7.03. The van der Waals surface area contributed by atoms with E-state index in [9.17, 15) is 26.8 Å². The van der Waals surface area contributed by atoms with Gasteiger partial charge in [0.1, 0.15) is 0 Å². The third kappa shape index (κ3) is 6.45. The highest BCUT2D eigenvalue weighted by Crippen LogP contribution is 2.21. The summed E-state index contributed by atoms with van der Waals surface area (Å²) in [6, 6.07) is 0. The van der Waals surface area contributed by atoms with Crippen molar-refractivity contribution in [3.05, 3.63) is 11.8 Å². The van der Waals surface area contributed by atoms with Crippen molar-refractivity contribution in [2.45, 2.75) is 12.8 Å². The third-order valence-corrected chi connectivity index (χ3v) is 2.60. The zero-order chi connectivity index (χ0) is 15.9. The van der Waals surface area contributed by atoms with Gasteiger partial charge in [-0.1, -0.05) is 0 Å². The second-order valence-corrected chi connectivity index (χ2v) is 5.18. The maximum Gasteiger partial charge on any atom is 0.320 e. The maximum atomic E-state index is 12.5. The van der Waals surface area contributed by atoms with Crippen molar-refractivity contribution < 1.29 is 40.4 Å². The Labute approximate surface area is 114 Å². The summed E-state index contributed by atoms with van der Waals surface area (Å²) in [4.78, 5) is 22.6. The van der Waals surface area contributed by atoms with E-state index in [-0.39, 0.29) is 0 Å². The van der Waals surface area contributed by atoms with Gasteiger partial charge in [0.25, 0.3) is 0 Å². The predicted octanol–water partition coefficient (Wildman–Crippen LogP) is 0.813. The van der Waals surface area contributed by atoms with Crippen molar-refractivity contribution in [3.8, 4) is 0 Å². The van der Waals surface area contributed by atoms with Crippen molar-refractivity contribution >= 4 is 22.1 Å². The maximum absolute atomic E-state index is 12.5. The van der Waals surface area contributed by atoms with E-state index >= 15 is 0 Å². The average molecular weight is 316 g/mol. The van der Waals surface area contributed by atoms with Gasteiger partial charge in [0.05, 0.1) is 20.5 Å². The first-order chi connectivity index (χ1) is 9.12. The molecule has 0 aliphatic rings. The van der Waals surface area contributed by atoms with Gasteiger partial charge in [0, 0.05) is 6.42 Å². The lowest BCUT2D eigenvalue weighted by Crippen LogP contribution is -2.26. The highest BCUT2D eigenvalue weighted by Gasteiger charge is 2.30. The van der Waals surface area contributed by atoms with Gasteiger partial charge in [-0.25, -0.2) is 0 Å². The van der Waals surface area contributed by atoms with E-state index in [1.165, 1.54) is 0 Å². The van der Waals surface area contributed by atoms with Gasteiger partial charge in [-0.3, -0.25) is 9.59 Å². The van der Waals surface area contributed by atoms with Gasteiger partial charge in [-0.05, 0) is 6.42 Å². The Morgan fingerprint density at radius 2 is 1.55 bits per heavy atom. The molecule has 0 aliphatic carbocycles. The fourth-order valence-corrected chi connectivity index (χ4v) is 1.75. The summed E-state index contributed by atoms with van der Waals surface area (Å²) < 4.78 is 59.3. The Kier molecular flexibility index (Phi) is 7.11. The molecule has 0 spiro atoms. The average Bonchev–Trinajstić information content (AvgIpc) is 2.34. The van der Waals surface area contributed by atoms with E-state index in [4.69, 9.17) is 0 Å². The minimum Gasteiger partial charge on any atom is -0.468 e. The Balaban J connectivity index is 4.95. The molecule has 20 heavy (non-hydrogen) atoms. The predicted molar refractivity (Wildman–Crippen MR) is 61.9 cm³/mol. The molecule has 7 nitrogen and oxygen atoms in total. The van der Waals surface area contributed by atoms with Gasteiger partial charge in [-0.2, -0.15) is 17.2 Å². The highest BCUT2D eigenvalue weighted by atomic mass is 32.2. The number of carbonyl (C=O) groups excluding carboxylic acids is 2. The Morgan fingerprint density at radius 3 is 1.85 bits per heavy atom. The lowest BCUT2D eigenvalue weighted by atomic mass is 10.0. The van der Waals surface area contributed by atoms with Crippen molar-refractivity contribution in [1.82, 2.24) is 0 Å². The van der Waals surface area contributed by atoms with Crippen LogP contribution < -0.4 is 0 Å². The molecular formula is C10H14F2O7S. The molecule has 0 aliphatic heterocycles. The van der Waals surface area contributed by atoms with E-state index in [1.807, 2.05) is 0 Å². The summed E-state index contributed by atoms with van der Waals surface area (Å²) >= 11 is 0. The monoisotopic (exact) mass is 316 g/mol. The number of hydrogen-bond acceptors (Lipinski definition) is 7. The first kappa shape index (κ1) is 18.3. The molecule has 0 N–H and O–H groups in total. The number of methoxy groups -OCH3 is 2. The molecule has 116 valence electrons. The van der Waals surface area contributed by atoms with Crippen molar-refractivity contribution in [2.24, 2.45) is 5.92 Å². The van der Waals surface area contributed by atoms with Crippen LogP contribution in [0.25, 0.3) is 0 Å². The standard InChI is InChI=1S/C10H14F2O7S/c1-17-9(13)6(10(14)18-2)4-5-7(8(11)12)19-20(3,15)16/h6H,4-5H2,1-3H3. The summed E-state index contributed by atoms with van der Waals surface area (Å²) in [5, 5.41) is 0. The van der Waals surface area contributed by atoms with E-state index < -0.39 is 52.7 Å². The lowest BCUT2D eigenvalue weighted by molar-refractivity contribution is -0.159. The SMILES string of the molecule is COC(=O)C(CCC(OS(C)(=O)=O)=C(F)F)C(=O)OC. The number of rotatable bonds is 7. The van der Waals surface area contributed by atoms with Crippen molar-refractivity contribution in [2.75, 3.05) is 20.5 Å². The Morgan fingerprint density at radius 1 is 1.10 bits per heavy atom. The highest BCUT2D eigenvalue weighted by molar-refractivity contribution is 7.86. The second kappa shape index (κ2) is 7.78. The molecule has 0 saturated heterocycles. The molecule has 0 rings (SSSR count). The summed E-state index contributed by atoms with van der Waals surface area (Å²) in [6.07, 6.45) is -2.86. The van der Waals surface area contributed by atoms with Crippen molar-refractivity contribution in [3.63, 3.8) is 0 Å². The van der Waals surface area contributed by atoms with Crippen LogP contribution >= 0.6 is 0 Å². The number of esters is 2. The number of ether oxygens (including phenoxy) is 2. The number of hydrogen-bond donors (Lipinski definition) is 0. The Bertz CT molecular complexity index is 478. The smallest absolute Gasteiger partial charge is 0.320 e. The fourth-order valence-electron chi connectivity index (χ4n) is 1.24. The molecule has 0 fully saturated rings. The lowest BCUT2D eigenvalue weighted by Gasteiger charge is -2.13. The third-order valence-electron chi connectivity index (χ3n) is 2.09. The van der Waals surface area contributed by atoms with Gasteiger partial charge in [0.2, 0.25) is 0 Å². The summed E-state index contributed by atoms with van der Waals surface area (Å²) in [6.45, 7) is 0. The largest absolute Gasteiger partial charge is 0.468 e. The molecule has 0 aromatic heterocycles.